The smallest absolute Gasteiger partial charge is 0.339 e. The van der Waals surface area contributed by atoms with Gasteiger partial charge < -0.3 is 9.47 Å². The average Bonchev–Trinajstić information content (AvgIpc) is 3.30. The lowest BCUT2D eigenvalue weighted by atomic mass is 10.2. The van der Waals surface area contributed by atoms with Crippen LogP contribution < -0.4 is 21.2 Å². The van der Waals surface area contributed by atoms with E-state index in [1.54, 1.807) is 0 Å². The zero-order chi connectivity index (χ0) is 36.2. The fraction of sp³-hybridized carbons (Fsp3) is 0.273. The molecule has 0 bridgehead atoms. The molecule has 1 saturated heterocycles. The van der Waals surface area contributed by atoms with Gasteiger partial charge in [0, 0.05) is 0 Å². The molecule has 0 radical (unpaired) electrons. The number of alkyl halides is 12. The zero-order valence-corrected chi connectivity index (χ0v) is 26.9. The topological polar surface area (TPSA) is 18.5 Å². The molecule has 49 heavy (non-hydrogen) atoms. The molecule has 1 aliphatic rings. The molecule has 0 unspecified atom stereocenters. The Bertz CT molecular complexity index is 1550. The van der Waals surface area contributed by atoms with Gasteiger partial charge in [-0.25, -0.2) is 0 Å². The number of hydrogen-bond donors (Lipinski definition) is 0. The van der Waals surface area contributed by atoms with Crippen molar-refractivity contribution in [3.8, 4) is 0 Å². The van der Waals surface area contributed by atoms with Crippen LogP contribution in [-0.4, -0.2) is 17.5 Å². The lowest BCUT2D eigenvalue weighted by Crippen LogP contribution is -2.38. The minimum atomic E-state index is -5.12. The first kappa shape index (κ1) is 37.1. The summed E-state index contributed by atoms with van der Waals surface area (Å²) in [5.74, 6) is -5.70. The van der Waals surface area contributed by atoms with Crippen LogP contribution in [0.5, 0.6) is 0 Å². The Morgan fingerprint density at radius 3 is 0.816 bits per heavy atom. The number of rotatable bonds is 6. The molecule has 262 valence electrons. The Kier molecular flexibility index (Phi) is 9.97. The predicted octanol–water partition coefficient (Wildman–Crippen LogP) is 9.76. The summed E-state index contributed by atoms with van der Waals surface area (Å²) in [5, 5.41) is -2.72. The van der Waals surface area contributed by atoms with Crippen LogP contribution in [0.4, 0.5) is 52.7 Å². The maximum absolute atomic E-state index is 14.5. The van der Waals surface area contributed by atoms with Gasteiger partial charge in [0.1, 0.15) is 11.7 Å². The molecule has 4 aromatic rings. The third kappa shape index (κ3) is 7.77. The van der Waals surface area contributed by atoms with Crippen molar-refractivity contribution in [3.05, 3.63) is 119 Å². The van der Waals surface area contributed by atoms with E-state index in [2.05, 4.69) is 0 Å². The second-order valence-electron chi connectivity index (χ2n) is 11.2. The largest absolute Gasteiger partial charge is 0.417 e. The molecule has 2 nitrogen and oxygen atoms in total. The molecular formula is C33H24F12O2P2. The van der Waals surface area contributed by atoms with Gasteiger partial charge in [-0.15, -0.1) is 0 Å². The molecule has 1 heterocycles. The van der Waals surface area contributed by atoms with Crippen molar-refractivity contribution in [1.29, 1.82) is 0 Å². The van der Waals surface area contributed by atoms with Crippen LogP contribution in [-0.2, 0) is 34.2 Å². The van der Waals surface area contributed by atoms with E-state index in [1.165, 1.54) is 13.8 Å². The van der Waals surface area contributed by atoms with E-state index in [9.17, 15) is 52.7 Å². The number of benzene rings is 4. The number of halogens is 12. The molecule has 16 heteroatoms. The van der Waals surface area contributed by atoms with Gasteiger partial charge in [0.05, 0.1) is 22.3 Å². The number of hydrogen-bond acceptors (Lipinski definition) is 2. The first-order valence-corrected chi connectivity index (χ1v) is 17.0. The summed E-state index contributed by atoms with van der Waals surface area (Å²) < 4.78 is 186. The van der Waals surface area contributed by atoms with E-state index in [0.29, 0.717) is 24.3 Å². The number of ether oxygens (including phenoxy) is 2. The Hall–Kier alpha value is -3.18. The van der Waals surface area contributed by atoms with Crippen molar-refractivity contribution in [1.82, 2.24) is 0 Å². The van der Waals surface area contributed by atoms with E-state index in [-0.39, 0.29) is 0 Å². The van der Waals surface area contributed by atoms with Gasteiger partial charge in [-0.1, -0.05) is 72.8 Å². The fourth-order valence-electron chi connectivity index (χ4n) is 5.59. The SMILES string of the molecule is CC1(C)O[C@@H](P(c2ccccc2C(F)(F)F)c2ccccc2C(F)(F)F)[C@H](P(c2ccccc2C(F)(F)F)c2ccccc2C(F)(F)F)O1. The minimum Gasteiger partial charge on any atom is -0.339 e. The molecule has 0 spiro atoms. The van der Waals surface area contributed by atoms with Crippen molar-refractivity contribution in [2.45, 2.75) is 56.0 Å². The van der Waals surface area contributed by atoms with Crippen LogP contribution in [0.2, 0.25) is 0 Å². The second kappa shape index (κ2) is 13.2. The molecule has 0 amide bonds. The summed E-state index contributed by atoms with van der Waals surface area (Å²) in [4.78, 5) is 0. The van der Waals surface area contributed by atoms with Gasteiger partial charge in [-0.05, 0) is 75.2 Å². The van der Waals surface area contributed by atoms with Crippen LogP contribution in [0.1, 0.15) is 36.1 Å². The zero-order valence-electron chi connectivity index (χ0n) is 25.1. The Morgan fingerprint density at radius 1 is 0.408 bits per heavy atom. The molecule has 4 aromatic carbocycles. The molecule has 2 atom stereocenters. The average molecular weight is 742 g/mol. The molecule has 5 rings (SSSR count). The molecule has 1 fully saturated rings. The summed E-state index contributed by atoms with van der Waals surface area (Å²) in [7, 11) is -6.08. The summed E-state index contributed by atoms with van der Waals surface area (Å²) >= 11 is 0. The van der Waals surface area contributed by atoms with E-state index in [0.717, 1.165) is 72.8 Å². The fourth-order valence-corrected chi connectivity index (χ4v) is 12.2. The van der Waals surface area contributed by atoms with Gasteiger partial charge in [0.25, 0.3) is 0 Å². The van der Waals surface area contributed by atoms with Gasteiger partial charge in [0.15, 0.2) is 5.79 Å². The summed E-state index contributed by atoms with van der Waals surface area (Å²) in [6.07, 6.45) is -20.5. The van der Waals surface area contributed by atoms with Crippen molar-refractivity contribution in [3.63, 3.8) is 0 Å². The van der Waals surface area contributed by atoms with Crippen molar-refractivity contribution in [2.75, 3.05) is 0 Å². The van der Waals surface area contributed by atoms with Crippen LogP contribution in [0.25, 0.3) is 0 Å². The van der Waals surface area contributed by atoms with E-state index < -0.39 is 101 Å². The van der Waals surface area contributed by atoms with E-state index in [1.807, 2.05) is 0 Å². The Balaban J connectivity index is 1.89. The summed E-state index contributed by atoms with van der Waals surface area (Å²) in [5.41, 5.74) is -5.39. The van der Waals surface area contributed by atoms with Crippen molar-refractivity contribution >= 4 is 37.1 Å². The highest BCUT2D eigenvalue weighted by Gasteiger charge is 2.54. The molecule has 1 aliphatic heterocycles. The maximum Gasteiger partial charge on any atom is 0.417 e. The third-order valence-corrected chi connectivity index (χ3v) is 13.1. The highest BCUT2D eigenvalue weighted by molar-refractivity contribution is 7.77. The first-order valence-electron chi connectivity index (χ1n) is 14.2. The van der Waals surface area contributed by atoms with E-state index in [4.69, 9.17) is 9.47 Å². The van der Waals surface area contributed by atoms with Gasteiger partial charge in [0.2, 0.25) is 0 Å². The summed E-state index contributed by atoms with van der Waals surface area (Å²) in [6, 6.07) is 14.9. The first-order chi connectivity index (χ1) is 22.6. The highest BCUT2D eigenvalue weighted by atomic mass is 31.1. The van der Waals surface area contributed by atoms with Gasteiger partial charge in [-0.3, -0.25) is 0 Å². The lowest BCUT2D eigenvalue weighted by Gasteiger charge is -2.36. The van der Waals surface area contributed by atoms with Crippen LogP contribution in [0.15, 0.2) is 97.1 Å². The van der Waals surface area contributed by atoms with Gasteiger partial charge in [-0.2, -0.15) is 52.7 Å². The molecule has 0 N–H and O–H groups in total. The molecule has 0 saturated carbocycles. The third-order valence-electron chi connectivity index (χ3n) is 7.44. The monoisotopic (exact) mass is 742 g/mol. The van der Waals surface area contributed by atoms with Crippen molar-refractivity contribution in [2.24, 2.45) is 0 Å². The van der Waals surface area contributed by atoms with Crippen LogP contribution in [0.3, 0.4) is 0 Å². The second-order valence-corrected chi connectivity index (χ2v) is 15.6. The molecule has 0 aromatic heterocycles. The maximum atomic E-state index is 14.5. The minimum absolute atomic E-state index is 0.636. The quantitative estimate of drug-likeness (QED) is 0.145. The van der Waals surface area contributed by atoms with E-state index >= 15 is 0 Å². The lowest BCUT2D eigenvalue weighted by molar-refractivity contribution is -0.137. The molecular weight excluding hydrogens is 718 g/mol. The summed E-state index contributed by atoms with van der Waals surface area (Å²) in [6.45, 7) is 2.47. The Morgan fingerprint density at radius 2 is 0.612 bits per heavy atom. The van der Waals surface area contributed by atoms with Crippen molar-refractivity contribution < 1.29 is 62.2 Å². The molecule has 0 aliphatic carbocycles. The van der Waals surface area contributed by atoms with Crippen LogP contribution in [0, 0.1) is 0 Å². The normalized spacial score (nSPS) is 18.8. The van der Waals surface area contributed by atoms with Crippen LogP contribution >= 0.6 is 15.8 Å². The highest BCUT2D eigenvalue weighted by Crippen LogP contribution is 2.60. The van der Waals surface area contributed by atoms with Gasteiger partial charge >= 0.3 is 24.7 Å². The standard InChI is InChI=1S/C33H24F12O2P2/c1-29(2)46-27(48(23-15-7-3-11-19(23)30(34,35)36)24-16-8-4-12-20(24)31(37,38)39)28(47-29)49(25-17-9-5-13-21(25)32(40,41)42)26-18-10-6-14-22(26)33(43,44)45/h3-18,27-28H,1-2H3/t27-,28-/m0/s1. The Labute approximate surface area is 274 Å². The predicted molar refractivity (Wildman–Crippen MR) is 162 cm³/mol.